The molecule has 7 rings (SSSR count). The van der Waals surface area contributed by atoms with Crippen molar-refractivity contribution in [2.24, 2.45) is 23.7 Å². The summed E-state index contributed by atoms with van der Waals surface area (Å²) in [5.74, 6) is 5.32. The minimum atomic E-state index is 0.480. The van der Waals surface area contributed by atoms with E-state index in [4.69, 9.17) is 4.98 Å². The van der Waals surface area contributed by atoms with Crippen molar-refractivity contribution in [3.05, 3.63) is 35.9 Å². The predicted octanol–water partition coefficient (Wildman–Crippen LogP) is 5.55. The van der Waals surface area contributed by atoms with Crippen molar-refractivity contribution in [1.82, 2.24) is 35.1 Å². The molecule has 2 saturated heterocycles. The van der Waals surface area contributed by atoms with Gasteiger partial charge in [0.05, 0.1) is 17.5 Å². The molecule has 36 heavy (non-hydrogen) atoms. The summed E-state index contributed by atoms with van der Waals surface area (Å²) in [4.78, 5) is 8.14. The molecule has 3 aromatic rings. The van der Waals surface area contributed by atoms with Crippen LogP contribution in [-0.4, -0.2) is 53.7 Å². The number of rotatable bonds is 4. The number of hydrogen-bond donors (Lipinski definition) is 1. The number of fused-ring (bicyclic) bond motifs is 6. The number of hydrogen-bond acceptors (Lipinski definition) is 5. The summed E-state index contributed by atoms with van der Waals surface area (Å²) in [7, 11) is 0. The third kappa shape index (κ3) is 4.27. The Bertz CT molecular complexity index is 1160. The van der Waals surface area contributed by atoms with Crippen LogP contribution < -0.4 is 0 Å². The monoisotopic (exact) mass is 487 g/mol. The van der Waals surface area contributed by atoms with Gasteiger partial charge in [0.1, 0.15) is 5.82 Å². The molecule has 192 valence electrons. The van der Waals surface area contributed by atoms with E-state index in [-0.39, 0.29) is 0 Å². The van der Waals surface area contributed by atoms with Gasteiger partial charge in [0, 0.05) is 24.7 Å². The molecule has 1 N–H and O–H groups in total. The van der Waals surface area contributed by atoms with Crippen molar-refractivity contribution < 1.29 is 0 Å². The zero-order chi connectivity index (χ0) is 24.1. The molecule has 0 radical (unpaired) electrons. The number of para-hydroxylation sites is 2. The third-order valence-electron chi connectivity index (χ3n) is 10.4. The molecule has 6 atom stereocenters. The first-order chi connectivity index (χ1) is 17.7. The Morgan fingerprint density at radius 1 is 0.889 bits per heavy atom. The van der Waals surface area contributed by atoms with Crippen molar-refractivity contribution >= 4 is 11.0 Å². The lowest BCUT2D eigenvalue weighted by atomic mass is 9.77. The maximum atomic E-state index is 5.09. The van der Waals surface area contributed by atoms with E-state index >= 15 is 0 Å². The van der Waals surface area contributed by atoms with Crippen LogP contribution in [0, 0.1) is 23.7 Å². The zero-order valence-corrected chi connectivity index (χ0v) is 21.7. The first-order valence-corrected chi connectivity index (χ1v) is 14.6. The minimum absolute atomic E-state index is 0.480. The van der Waals surface area contributed by atoms with Crippen LogP contribution in [-0.2, 0) is 6.42 Å². The topological polar surface area (TPSA) is 75.5 Å². The van der Waals surface area contributed by atoms with Crippen LogP contribution in [0.4, 0.5) is 0 Å². The average Bonchev–Trinajstić information content (AvgIpc) is 3.38. The number of imidazole rings is 1. The lowest BCUT2D eigenvalue weighted by Crippen LogP contribution is -2.47. The van der Waals surface area contributed by atoms with E-state index in [0.29, 0.717) is 18.5 Å². The molecule has 4 heterocycles. The van der Waals surface area contributed by atoms with Gasteiger partial charge in [0.25, 0.3) is 0 Å². The molecule has 2 aliphatic heterocycles. The Balaban J connectivity index is 1.23. The molecule has 7 nitrogen and oxygen atoms in total. The van der Waals surface area contributed by atoms with E-state index in [1.165, 1.54) is 82.7 Å². The lowest BCUT2D eigenvalue weighted by Gasteiger charge is -2.43. The first-order valence-electron chi connectivity index (χ1n) is 14.6. The summed E-state index contributed by atoms with van der Waals surface area (Å²) < 4.78 is 2.58. The molecule has 4 aliphatic rings. The zero-order valence-electron chi connectivity index (χ0n) is 21.7. The van der Waals surface area contributed by atoms with Gasteiger partial charge in [-0.1, -0.05) is 50.0 Å². The average molecular weight is 488 g/mol. The molecule has 7 heteroatoms. The molecule has 2 aliphatic carbocycles. The summed E-state index contributed by atoms with van der Waals surface area (Å²) in [6.45, 7) is 3.83. The van der Waals surface area contributed by atoms with Gasteiger partial charge in [0.15, 0.2) is 5.82 Å². The molecule has 6 unspecified atom stereocenters. The van der Waals surface area contributed by atoms with Gasteiger partial charge in [-0.05, 0) is 80.8 Å². The van der Waals surface area contributed by atoms with Crippen LogP contribution in [0.2, 0.25) is 0 Å². The third-order valence-corrected chi connectivity index (χ3v) is 10.4. The molecule has 1 aromatic carbocycles. The minimum Gasteiger partial charge on any atom is -0.324 e. The fourth-order valence-corrected chi connectivity index (χ4v) is 8.60. The van der Waals surface area contributed by atoms with Crippen LogP contribution in [0.1, 0.15) is 95.2 Å². The Morgan fingerprint density at radius 2 is 1.72 bits per heavy atom. The maximum absolute atomic E-state index is 5.09. The van der Waals surface area contributed by atoms with Crippen molar-refractivity contribution in [3.63, 3.8) is 0 Å². The van der Waals surface area contributed by atoms with E-state index < -0.39 is 0 Å². The van der Waals surface area contributed by atoms with E-state index in [2.05, 4.69) is 61.3 Å². The number of aromatic amines is 1. The first kappa shape index (κ1) is 22.9. The number of nitrogens with zero attached hydrogens (tertiary/aromatic N) is 6. The van der Waals surface area contributed by atoms with Gasteiger partial charge < -0.3 is 4.57 Å². The van der Waals surface area contributed by atoms with E-state index in [9.17, 15) is 0 Å². The van der Waals surface area contributed by atoms with Crippen molar-refractivity contribution in [1.29, 1.82) is 0 Å². The Morgan fingerprint density at radius 3 is 2.53 bits per heavy atom. The molecule has 0 spiro atoms. The lowest BCUT2D eigenvalue weighted by molar-refractivity contribution is 0.0593. The van der Waals surface area contributed by atoms with Gasteiger partial charge >= 0.3 is 0 Å². The molecule has 2 aromatic heterocycles. The van der Waals surface area contributed by atoms with Crippen molar-refractivity contribution in [2.75, 3.05) is 6.54 Å². The molecule has 4 bridgehead atoms. The summed E-state index contributed by atoms with van der Waals surface area (Å²) in [5.41, 5.74) is 2.36. The summed E-state index contributed by atoms with van der Waals surface area (Å²) in [6.07, 6.45) is 16.2. The highest BCUT2D eigenvalue weighted by Crippen LogP contribution is 2.46. The summed E-state index contributed by atoms with van der Waals surface area (Å²) in [6, 6.07) is 10.7. The fourth-order valence-electron chi connectivity index (χ4n) is 8.60. The molecular formula is C29H41N7. The SMILES string of the molecule is CC1CCC2CC(n3c(Cc4nn[nH]n4)nc4ccccc43)CC1CN2C1CC2CCCCC(C2)C1. The smallest absolute Gasteiger partial charge is 0.182 e. The summed E-state index contributed by atoms with van der Waals surface area (Å²) >= 11 is 0. The quantitative estimate of drug-likeness (QED) is 0.522. The highest BCUT2D eigenvalue weighted by Gasteiger charge is 2.43. The van der Waals surface area contributed by atoms with Crippen LogP contribution in [0.15, 0.2) is 24.3 Å². The molecule has 0 amide bonds. The Labute approximate surface area is 214 Å². The largest absolute Gasteiger partial charge is 0.324 e. The van der Waals surface area contributed by atoms with Crippen molar-refractivity contribution in [3.8, 4) is 0 Å². The van der Waals surface area contributed by atoms with Crippen molar-refractivity contribution in [2.45, 2.75) is 102 Å². The van der Waals surface area contributed by atoms with Gasteiger partial charge in [-0.3, -0.25) is 4.90 Å². The van der Waals surface area contributed by atoms with Crippen LogP contribution in [0.3, 0.4) is 0 Å². The van der Waals surface area contributed by atoms with Gasteiger partial charge in [-0.25, -0.2) is 4.98 Å². The summed E-state index contributed by atoms with van der Waals surface area (Å²) in [5, 5.41) is 14.9. The highest BCUT2D eigenvalue weighted by molar-refractivity contribution is 5.76. The second-order valence-corrected chi connectivity index (χ2v) is 12.6. The highest BCUT2D eigenvalue weighted by atomic mass is 15.5. The number of nitrogens with one attached hydrogen (secondary N) is 1. The second kappa shape index (κ2) is 9.55. The molecule has 2 saturated carbocycles. The number of tetrazole rings is 1. The van der Waals surface area contributed by atoms with Gasteiger partial charge in [0.2, 0.25) is 0 Å². The predicted molar refractivity (Wildman–Crippen MR) is 140 cm³/mol. The second-order valence-electron chi connectivity index (χ2n) is 12.6. The van der Waals surface area contributed by atoms with Crippen LogP contribution in [0.25, 0.3) is 11.0 Å². The Hall–Kier alpha value is -2.28. The van der Waals surface area contributed by atoms with E-state index in [1.807, 2.05) is 0 Å². The molecule has 4 fully saturated rings. The molecular weight excluding hydrogens is 446 g/mol. The number of H-pyrrole nitrogens is 1. The number of aromatic nitrogens is 6. The van der Waals surface area contributed by atoms with Crippen LogP contribution in [0.5, 0.6) is 0 Å². The fraction of sp³-hybridized carbons (Fsp3) is 0.724. The van der Waals surface area contributed by atoms with E-state index in [0.717, 1.165) is 46.9 Å². The Kier molecular flexibility index (Phi) is 6.07. The van der Waals surface area contributed by atoms with Crippen LogP contribution >= 0.6 is 0 Å². The number of benzene rings is 1. The van der Waals surface area contributed by atoms with Gasteiger partial charge in [-0.15, -0.1) is 10.2 Å². The normalized spacial score (nSPS) is 35.4. The maximum Gasteiger partial charge on any atom is 0.182 e. The van der Waals surface area contributed by atoms with Gasteiger partial charge in [-0.2, -0.15) is 5.21 Å². The standard InChI is InChI=1S/C29H41N7/c1-19-10-11-23-16-25(15-22(19)18-35(23)24-13-20-6-2-3-7-21(12-20)14-24)36-27-9-5-4-8-26(27)30-29(36)17-28-31-33-34-32-28/h4-5,8-9,19-25H,2-3,6-7,10-18H2,1H3,(H,31,32,33,34). The van der Waals surface area contributed by atoms with E-state index in [1.54, 1.807) is 0 Å².